The fourth-order valence-corrected chi connectivity index (χ4v) is 1.50. The zero-order chi connectivity index (χ0) is 12.1. The molecule has 0 saturated carbocycles. The number of nitrogens with two attached hydrogens (primary N) is 1. The third-order valence-corrected chi connectivity index (χ3v) is 2.18. The normalized spacial score (nSPS) is 10.2. The van der Waals surface area contributed by atoms with Gasteiger partial charge in [0.1, 0.15) is 0 Å². The van der Waals surface area contributed by atoms with Crippen LogP contribution in [0.5, 0.6) is 0 Å². The summed E-state index contributed by atoms with van der Waals surface area (Å²) in [6, 6.07) is 7.67. The number of anilines is 2. The largest absolute Gasteiger partial charge is 0.397 e. The summed E-state index contributed by atoms with van der Waals surface area (Å²) in [6.07, 6.45) is 0. The molecule has 0 bridgehead atoms. The quantitative estimate of drug-likeness (QED) is 0.752. The maximum absolute atomic E-state index is 11.6. The second-order valence-electron chi connectivity index (χ2n) is 4.14. The van der Waals surface area contributed by atoms with Crippen molar-refractivity contribution in [3.05, 3.63) is 24.3 Å². The van der Waals surface area contributed by atoms with Crippen LogP contribution in [-0.4, -0.2) is 25.5 Å². The van der Waals surface area contributed by atoms with Crippen LogP contribution >= 0.6 is 0 Å². The van der Waals surface area contributed by atoms with Crippen LogP contribution in [0, 0.1) is 0 Å². The van der Waals surface area contributed by atoms with E-state index in [1.165, 1.54) is 0 Å². The zero-order valence-electron chi connectivity index (χ0n) is 10.0. The summed E-state index contributed by atoms with van der Waals surface area (Å²) < 4.78 is 0. The van der Waals surface area contributed by atoms with Gasteiger partial charge in [0.25, 0.3) is 0 Å². The van der Waals surface area contributed by atoms with Gasteiger partial charge in [-0.3, -0.25) is 4.79 Å². The molecule has 0 radical (unpaired) electrons. The second-order valence-corrected chi connectivity index (χ2v) is 4.14. The van der Waals surface area contributed by atoms with Gasteiger partial charge in [-0.1, -0.05) is 12.1 Å². The summed E-state index contributed by atoms with van der Waals surface area (Å²) >= 11 is 0. The van der Waals surface area contributed by atoms with Gasteiger partial charge in [-0.05, 0) is 26.0 Å². The molecular weight excluding hydrogens is 202 g/mol. The van der Waals surface area contributed by atoms with E-state index in [1.807, 2.05) is 50.1 Å². The van der Waals surface area contributed by atoms with Gasteiger partial charge >= 0.3 is 0 Å². The van der Waals surface area contributed by atoms with Crippen molar-refractivity contribution in [3.63, 3.8) is 0 Å². The van der Waals surface area contributed by atoms with Gasteiger partial charge < -0.3 is 16.0 Å². The average Bonchev–Trinajstić information content (AvgIpc) is 2.16. The van der Waals surface area contributed by atoms with Crippen LogP contribution in [0.15, 0.2) is 24.3 Å². The van der Waals surface area contributed by atoms with E-state index in [9.17, 15) is 4.79 Å². The van der Waals surface area contributed by atoms with E-state index >= 15 is 0 Å². The minimum Gasteiger partial charge on any atom is -0.397 e. The molecule has 4 heteroatoms. The molecule has 0 heterocycles. The molecule has 0 aliphatic rings. The number of likely N-dealkylation sites (N-methyl/N-ethyl adjacent to an activating group) is 1. The number of nitrogens with one attached hydrogen (secondary N) is 1. The van der Waals surface area contributed by atoms with E-state index in [0.29, 0.717) is 12.2 Å². The average molecular weight is 221 g/mol. The summed E-state index contributed by atoms with van der Waals surface area (Å²) in [5.41, 5.74) is 7.38. The molecule has 0 atom stereocenters. The second kappa shape index (κ2) is 5.39. The van der Waals surface area contributed by atoms with E-state index in [2.05, 4.69) is 5.32 Å². The molecule has 16 heavy (non-hydrogen) atoms. The summed E-state index contributed by atoms with van der Waals surface area (Å²) in [6.45, 7) is 4.19. The third-order valence-electron chi connectivity index (χ3n) is 2.18. The van der Waals surface area contributed by atoms with Crippen molar-refractivity contribution in [2.75, 3.05) is 24.2 Å². The standard InChI is InChI=1S/C12H19N3O/c1-9(2)14-12(16)8-15(3)11-7-5-4-6-10(11)13/h4-7,9H,8,13H2,1-3H3,(H,14,16). The Morgan fingerprint density at radius 1 is 1.44 bits per heavy atom. The Morgan fingerprint density at radius 2 is 2.06 bits per heavy atom. The third kappa shape index (κ3) is 3.46. The summed E-state index contributed by atoms with van der Waals surface area (Å²) in [7, 11) is 1.85. The molecule has 1 amide bonds. The Balaban J connectivity index is 2.62. The van der Waals surface area contributed by atoms with E-state index in [1.54, 1.807) is 0 Å². The number of nitrogens with zero attached hydrogens (tertiary/aromatic N) is 1. The number of rotatable bonds is 4. The Morgan fingerprint density at radius 3 is 2.62 bits per heavy atom. The Bertz CT molecular complexity index is 363. The van der Waals surface area contributed by atoms with Crippen molar-refractivity contribution in [2.24, 2.45) is 0 Å². The number of nitrogen functional groups attached to an aromatic ring is 1. The molecule has 0 fully saturated rings. The van der Waals surface area contributed by atoms with Gasteiger partial charge in [0.2, 0.25) is 5.91 Å². The fraction of sp³-hybridized carbons (Fsp3) is 0.417. The highest BCUT2D eigenvalue weighted by molar-refractivity contribution is 5.83. The van der Waals surface area contributed by atoms with Crippen molar-refractivity contribution in [3.8, 4) is 0 Å². The van der Waals surface area contributed by atoms with E-state index in [0.717, 1.165) is 5.69 Å². The fourth-order valence-electron chi connectivity index (χ4n) is 1.50. The lowest BCUT2D eigenvalue weighted by atomic mass is 10.2. The number of carbonyl (C=O) groups is 1. The lowest BCUT2D eigenvalue weighted by Gasteiger charge is -2.21. The summed E-state index contributed by atoms with van der Waals surface area (Å²) in [4.78, 5) is 13.4. The van der Waals surface area contributed by atoms with Crippen molar-refractivity contribution < 1.29 is 4.79 Å². The lowest BCUT2D eigenvalue weighted by molar-refractivity contribution is -0.120. The zero-order valence-corrected chi connectivity index (χ0v) is 10.0. The number of benzene rings is 1. The number of hydrogen-bond acceptors (Lipinski definition) is 3. The van der Waals surface area contributed by atoms with Crippen LogP contribution < -0.4 is 16.0 Å². The van der Waals surface area contributed by atoms with Crippen LogP contribution in [0.4, 0.5) is 11.4 Å². The number of hydrogen-bond donors (Lipinski definition) is 2. The molecule has 88 valence electrons. The number of para-hydroxylation sites is 2. The lowest BCUT2D eigenvalue weighted by Crippen LogP contribution is -2.38. The van der Waals surface area contributed by atoms with Gasteiger partial charge in [-0.15, -0.1) is 0 Å². The maximum atomic E-state index is 11.6. The van der Waals surface area contributed by atoms with Crippen molar-refractivity contribution in [1.82, 2.24) is 5.32 Å². The minimum absolute atomic E-state index is 0.000697. The summed E-state index contributed by atoms with van der Waals surface area (Å²) in [5.74, 6) is 0.000697. The minimum atomic E-state index is 0.000697. The van der Waals surface area contributed by atoms with Gasteiger partial charge in [-0.2, -0.15) is 0 Å². The molecule has 0 unspecified atom stereocenters. The van der Waals surface area contributed by atoms with Crippen LogP contribution in [0.1, 0.15) is 13.8 Å². The van der Waals surface area contributed by atoms with Crippen molar-refractivity contribution in [1.29, 1.82) is 0 Å². The molecule has 3 N–H and O–H groups in total. The van der Waals surface area contributed by atoms with Gasteiger partial charge in [0.15, 0.2) is 0 Å². The van der Waals surface area contributed by atoms with Crippen LogP contribution in [0.3, 0.4) is 0 Å². The molecule has 1 aromatic carbocycles. The monoisotopic (exact) mass is 221 g/mol. The van der Waals surface area contributed by atoms with Crippen LogP contribution in [-0.2, 0) is 4.79 Å². The topological polar surface area (TPSA) is 58.4 Å². The first kappa shape index (κ1) is 12.4. The molecule has 0 saturated heterocycles. The van der Waals surface area contributed by atoms with Crippen LogP contribution in [0.25, 0.3) is 0 Å². The molecule has 0 aliphatic carbocycles. The van der Waals surface area contributed by atoms with Gasteiger partial charge in [0, 0.05) is 13.1 Å². The van der Waals surface area contributed by atoms with E-state index in [4.69, 9.17) is 5.73 Å². The highest BCUT2D eigenvalue weighted by atomic mass is 16.2. The first-order valence-corrected chi connectivity index (χ1v) is 5.35. The molecule has 0 aromatic heterocycles. The number of carbonyl (C=O) groups excluding carboxylic acids is 1. The molecule has 1 aromatic rings. The summed E-state index contributed by atoms with van der Waals surface area (Å²) in [5, 5.41) is 2.84. The first-order chi connectivity index (χ1) is 7.50. The Labute approximate surface area is 96.4 Å². The van der Waals surface area contributed by atoms with E-state index in [-0.39, 0.29) is 11.9 Å². The highest BCUT2D eigenvalue weighted by Crippen LogP contribution is 2.20. The SMILES string of the molecule is CC(C)NC(=O)CN(C)c1ccccc1N. The molecule has 0 spiro atoms. The predicted octanol–water partition coefficient (Wildman–Crippen LogP) is 1.23. The Hall–Kier alpha value is -1.71. The van der Waals surface area contributed by atoms with Gasteiger partial charge in [-0.25, -0.2) is 0 Å². The Kier molecular flexibility index (Phi) is 4.17. The highest BCUT2D eigenvalue weighted by Gasteiger charge is 2.09. The molecular formula is C12H19N3O. The van der Waals surface area contributed by atoms with E-state index < -0.39 is 0 Å². The first-order valence-electron chi connectivity index (χ1n) is 5.35. The van der Waals surface area contributed by atoms with Crippen molar-refractivity contribution >= 4 is 17.3 Å². The smallest absolute Gasteiger partial charge is 0.239 e. The van der Waals surface area contributed by atoms with Crippen LogP contribution in [0.2, 0.25) is 0 Å². The number of amides is 1. The molecule has 1 rings (SSSR count). The predicted molar refractivity (Wildman–Crippen MR) is 67.4 cm³/mol. The maximum Gasteiger partial charge on any atom is 0.239 e. The molecule has 4 nitrogen and oxygen atoms in total. The van der Waals surface area contributed by atoms with Crippen molar-refractivity contribution in [2.45, 2.75) is 19.9 Å². The van der Waals surface area contributed by atoms with Gasteiger partial charge in [0.05, 0.1) is 17.9 Å². The molecule has 0 aliphatic heterocycles.